The smallest absolute Gasteiger partial charge is 0.456 e. The first-order valence-corrected chi connectivity index (χ1v) is 30.5. The van der Waals surface area contributed by atoms with E-state index in [9.17, 15) is 19.0 Å². The molecule has 10 heteroatoms. The van der Waals surface area contributed by atoms with Crippen LogP contribution in [0.2, 0.25) is 0 Å². The van der Waals surface area contributed by atoms with Crippen molar-refractivity contribution in [1.82, 2.24) is 5.32 Å². The first-order chi connectivity index (χ1) is 33.4. The Labute approximate surface area is 427 Å². The molecule has 1 amide bonds. The maximum absolute atomic E-state index is 13.5. The van der Waals surface area contributed by atoms with E-state index in [0.717, 1.165) is 89.9 Å². The highest BCUT2D eigenvalue weighted by Crippen LogP contribution is 2.43. The molecule has 69 heavy (non-hydrogen) atoms. The summed E-state index contributed by atoms with van der Waals surface area (Å²) in [7, 11) is 1.49. The molecule has 0 radical (unpaired) electrons. The van der Waals surface area contributed by atoms with Crippen LogP contribution in [-0.2, 0) is 27.9 Å². The molecule has 0 saturated heterocycles. The highest BCUT2D eigenvalue weighted by Gasteiger charge is 2.30. The number of carbonyl (C=O) groups excluding carboxylic acids is 2. The van der Waals surface area contributed by atoms with E-state index >= 15 is 0 Å². The number of phosphoric acid groups is 1. The van der Waals surface area contributed by atoms with Crippen molar-refractivity contribution in [2.75, 3.05) is 40.9 Å². The number of nitrogens with zero attached hydrogens (tertiary/aromatic N) is 1. The maximum Gasteiger partial charge on any atom is 0.472 e. The number of unbranched alkanes of at least 4 members (excludes halogenated alkanes) is 31. The van der Waals surface area contributed by atoms with Crippen LogP contribution in [0.5, 0.6) is 0 Å². The van der Waals surface area contributed by atoms with E-state index in [1.165, 1.54) is 141 Å². The van der Waals surface area contributed by atoms with Gasteiger partial charge in [0.05, 0.1) is 33.8 Å². The Morgan fingerprint density at radius 3 is 1.35 bits per heavy atom. The van der Waals surface area contributed by atoms with Gasteiger partial charge in [-0.25, -0.2) is 4.57 Å². The van der Waals surface area contributed by atoms with Crippen molar-refractivity contribution in [3.63, 3.8) is 0 Å². The average Bonchev–Trinajstić information content (AvgIpc) is 3.31. The Hall–Kier alpha value is -2.03. The zero-order valence-corrected chi connectivity index (χ0v) is 47.0. The summed E-state index contributed by atoms with van der Waals surface area (Å²) < 4.78 is 30.6. The number of esters is 1. The van der Waals surface area contributed by atoms with Crippen LogP contribution in [0, 0.1) is 0 Å². The van der Waals surface area contributed by atoms with E-state index in [4.69, 9.17) is 13.8 Å². The number of allylic oxidation sites excluding steroid dienone is 7. The lowest BCUT2D eigenvalue weighted by Gasteiger charge is -2.27. The van der Waals surface area contributed by atoms with Gasteiger partial charge in [-0.2, -0.15) is 0 Å². The van der Waals surface area contributed by atoms with Crippen LogP contribution >= 0.6 is 7.82 Å². The molecule has 3 unspecified atom stereocenters. The van der Waals surface area contributed by atoms with E-state index in [-0.39, 0.29) is 31.5 Å². The van der Waals surface area contributed by atoms with E-state index < -0.39 is 20.0 Å². The highest BCUT2D eigenvalue weighted by atomic mass is 31.2. The molecule has 0 fully saturated rings. The van der Waals surface area contributed by atoms with Crippen molar-refractivity contribution < 1.29 is 37.3 Å². The van der Waals surface area contributed by atoms with Gasteiger partial charge in [0.15, 0.2) is 0 Å². The number of likely N-dealkylation sites (N-methyl/N-ethyl adjacent to an activating group) is 1. The van der Waals surface area contributed by atoms with E-state index in [2.05, 4.69) is 62.5 Å². The van der Waals surface area contributed by atoms with E-state index in [1.54, 1.807) is 0 Å². The minimum Gasteiger partial charge on any atom is -0.456 e. The van der Waals surface area contributed by atoms with Crippen LogP contribution in [0.4, 0.5) is 0 Å². The summed E-state index contributed by atoms with van der Waals surface area (Å²) in [4.78, 5) is 37.6. The molecule has 404 valence electrons. The van der Waals surface area contributed by atoms with Crippen molar-refractivity contribution in [2.24, 2.45) is 0 Å². The summed E-state index contributed by atoms with van der Waals surface area (Å²) >= 11 is 0. The van der Waals surface area contributed by atoms with Crippen molar-refractivity contribution in [1.29, 1.82) is 0 Å². The van der Waals surface area contributed by atoms with Gasteiger partial charge < -0.3 is 19.4 Å². The fourth-order valence-electron chi connectivity index (χ4n) is 8.22. The monoisotopic (exact) mass is 992 g/mol. The third-order valence-electron chi connectivity index (χ3n) is 12.8. The van der Waals surface area contributed by atoms with Gasteiger partial charge in [0.25, 0.3) is 0 Å². The number of hydrogen-bond donors (Lipinski definition) is 2. The van der Waals surface area contributed by atoms with Gasteiger partial charge in [-0.3, -0.25) is 18.6 Å². The molecule has 0 bridgehead atoms. The Morgan fingerprint density at radius 1 is 0.507 bits per heavy atom. The van der Waals surface area contributed by atoms with Gasteiger partial charge in [0, 0.05) is 12.8 Å². The first-order valence-electron chi connectivity index (χ1n) is 29.0. The van der Waals surface area contributed by atoms with Crippen molar-refractivity contribution in [3.8, 4) is 0 Å². The molecule has 0 aromatic heterocycles. The van der Waals surface area contributed by atoms with Crippen molar-refractivity contribution >= 4 is 19.7 Å². The number of phosphoric ester groups is 1. The Balaban J connectivity index is 5.32. The second-order valence-corrected chi connectivity index (χ2v) is 22.3. The largest absolute Gasteiger partial charge is 0.472 e. The van der Waals surface area contributed by atoms with Gasteiger partial charge >= 0.3 is 13.8 Å². The number of amides is 1. The second kappa shape index (κ2) is 49.5. The summed E-state index contributed by atoms with van der Waals surface area (Å²) in [5, 5.41) is 3.04. The van der Waals surface area contributed by atoms with Crippen molar-refractivity contribution in [3.05, 3.63) is 48.6 Å². The zero-order valence-electron chi connectivity index (χ0n) is 46.1. The normalized spacial score (nSPS) is 14.1. The Bertz CT molecular complexity index is 1330. The minimum absolute atomic E-state index is 0.0373. The van der Waals surface area contributed by atoms with Crippen LogP contribution in [-0.4, -0.2) is 74.3 Å². The predicted octanol–water partition coefficient (Wildman–Crippen LogP) is 17.3. The van der Waals surface area contributed by atoms with Crippen LogP contribution in [0.3, 0.4) is 0 Å². The SMILES string of the molecule is CCCCC/C=C/C=C/CCCCCCCCC(=O)OC(/C=C/CCCCCCCCCCC)C(COP(=O)(O)OCC[N+](C)(C)C)NC(=O)CCCCCCCCC/C=C/CCCCCCCC. The number of rotatable bonds is 52. The van der Waals surface area contributed by atoms with Crippen LogP contribution in [0.25, 0.3) is 0 Å². The molecule has 0 spiro atoms. The van der Waals surface area contributed by atoms with Gasteiger partial charge in [-0.1, -0.05) is 217 Å². The number of ether oxygens (including phenoxy) is 1. The second-order valence-electron chi connectivity index (χ2n) is 20.8. The first kappa shape index (κ1) is 67.0. The molecular formula is C59H112N2O7P+. The van der Waals surface area contributed by atoms with Crippen molar-refractivity contribution in [2.45, 2.75) is 277 Å². The van der Waals surface area contributed by atoms with E-state index in [0.29, 0.717) is 17.4 Å². The number of carbonyl (C=O) groups is 2. The summed E-state index contributed by atoms with van der Waals surface area (Å²) in [5.74, 6) is -0.520. The Morgan fingerprint density at radius 2 is 0.884 bits per heavy atom. The number of quaternary nitrogens is 1. The molecule has 0 aromatic carbocycles. The summed E-state index contributed by atoms with van der Waals surface area (Å²) in [5.41, 5.74) is 0. The standard InChI is InChI=1S/C59H111N2O7P/c1-7-10-13-16-19-22-25-27-29-30-32-33-36-39-42-45-48-51-58(62)60-56(55-67-69(64,65)66-54-53-61(4,5)6)57(50-47-44-41-38-35-24-21-18-15-12-9-3)68-59(63)52-49-46-43-40-37-34-31-28-26-23-20-17-14-11-8-2/h20,23,26-29,47,50,56-57H,7-19,21-22,24-25,30-46,48-49,51-55H2,1-6H3,(H-,60,62,64,65)/p+1/b23-20+,28-26+,29-27+,50-47+. The number of hydrogen-bond acceptors (Lipinski definition) is 6. The Kier molecular flexibility index (Phi) is 48.1. The summed E-state index contributed by atoms with van der Waals surface area (Å²) in [6.45, 7) is 6.97. The van der Waals surface area contributed by atoms with Crippen LogP contribution in [0.1, 0.15) is 265 Å². The lowest BCUT2D eigenvalue weighted by Crippen LogP contribution is -2.47. The summed E-state index contributed by atoms with van der Waals surface area (Å²) in [6, 6.07) is -0.853. The molecule has 3 atom stereocenters. The van der Waals surface area contributed by atoms with Crippen LogP contribution < -0.4 is 5.32 Å². The topological polar surface area (TPSA) is 111 Å². The molecule has 2 N–H and O–H groups in total. The molecular weight excluding hydrogens is 880 g/mol. The van der Waals surface area contributed by atoms with Crippen LogP contribution in [0.15, 0.2) is 48.6 Å². The quantitative estimate of drug-likeness (QED) is 0.0156. The lowest BCUT2D eigenvalue weighted by molar-refractivity contribution is -0.870. The van der Waals surface area contributed by atoms with E-state index in [1.807, 2.05) is 33.3 Å². The fraction of sp³-hybridized carbons (Fsp3) is 0.831. The zero-order chi connectivity index (χ0) is 50.8. The molecule has 0 saturated carbocycles. The third kappa shape index (κ3) is 50.7. The predicted molar refractivity (Wildman–Crippen MR) is 295 cm³/mol. The average molecular weight is 993 g/mol. The maximum atomic E-state index is 13.5. The van der Waals surface area contributed by atoms with Gasteiger partial charge in [0.2, 0.25) is 5.91 Å². The lowest BCUT2D eigenvalue weighted by atomic mass is 10.1. The minimum atomic E-state index is -4.44. The highest BCUT2D eigenvalue weighted by molar-refractivity contribution is 7.47. The van der Waals surface area contributed by atoms with Gasteiger partial charge in [0.1, 0.15) is 19.3 Å². The fourth-order valence-corrected chi connectivity index (χ4v) is 8.95. The molecule has 0 aromatic rings. The third-order valence-corrected chi connectivity index (χ3v) is 13.8. The molecule has 0 aliphatic carbocycles. The molecule has 0 heterocycles. The molecule has 0 aliphatic heterocycles. The van der Waals surface area contributed by atoms with Gasteiger partial charge in [-0.15, -0.1) is 0 Å². The number of nitrogens with one attached hydrogen (secondary N) is 1. The summed E-state index contributed by atoms with van der Waals surface area (Å²) in [6.07, 6.45) is 59.5. The van der Waals surface area contributed by atoms with Gasteiger partial charge in [-0.05, 0) is 83.1 Å². The molecule has 0 aliphatic rings. The molecule has 0 rings (SSSR count). The molecule has 9 nitrogen and oxygen atoms in total.